The highest BCUT2D eigenvalue weighted by Gasteiger charge is 2.37. The van der Waals surface area contributed by atoms with Crippen molar-refractivity contribution < 1.29 is 22.7 Å². The summed E-state index contributed by atoms with van der Waals surface area (Å²) in [6.45, 7) is -0.961. The second kappa shape index (κ2) is 6.01. The molecule has 0 N–H and O–H groups in total. The van der Waals surface area contributed by atoms with Gasteiger partial charge in [0.1, 0.15) is 0 Å². The van der Waals surface area contributed by atoms with Crippen LogP contribution < -0.4 is 0 Å². The second-order valence-corrected chi connectivity index (χ2v) is 5.47. The summed E-state index contributed by atoms with van der Waals surface area (Å²) in [7, 11) is 0. The molecule has 0 spiro atoms. The van der Waals surface area contributed by atoms with Gasteiger partial charge in [0, 0.05) is 12.6 Å². The predicted octanol–water partition coefficient (Wildman–Crippen LogP) is 3.73. The number of hydrogen-bond donors (Lipinski definition) is 0. The molecule has 6 heteroatoms. The minimum atomic E-state index is -4.45. The van der Waals surface area contributed by atoms with Crippen molar-refractivity contribution in [2.45, 2.75) is 57.2 Å². The molecule has 2 rings (SSSR count). The van der Waals surface area contributed by atoms with Crippen molar-refractivity contribution in [3.63, 3.8) is 0 Å². The first-order chi connectivity index (χ1) is 8.97. The van der Waals surface area contributed by atoms with Crippen molar-refractivity contribution in [1.29, 1.82) is 0 Å². The Hall–Kier alpha value is -0.940. The number of likely N-dealkylation sites (tertiary alicyclic amines) is 1. The van der Waals surface area contributed by atoms with Gasteiger partial charge in [0.15, 0.2) is 6.61 Å². The highest BCUT2D eigenvalue weighted by atomic mass is 19.4. The van der Waals surface area contributed by atoms with Crippen LogP contribution in [0.3, 0.4) is 0 Å². The fraction of sp³-hybridized carbons (Fsp3) is 0.923. The Bertz CT molecular complexity index is 314. The van der Waals surface area contributed by atoms with Crippen molar-refractivity contribution in [3.05, 3.63) is 0 Å². The Morgan fingerprint density at radius 3 is 2.42 bits per heavy atom. The average molecular weight is 279 g/mol. The van der Waals surface area contributed by atoms with E-state index < -0.39 is 18.9 Å². The summed E-state index contributed by atoms with van der Waals surface area (Å²) in [5.74, 6) is 0.440. The number of nitrogens with zero attached hydrogens (tertiary/aromatic N) is 1. The van der Waals surface area contributed by atoms with Gasteiger partial charge in [0.05, 0.1) is 0 Å². The third-order valence-electron chi connectivity index (χ3n) is 4.09. The molecule has 1 heterocycles. The first kappa shape index (κ1) is 14.5. The lowest BCUT2D eigenvalue weighted by Crippen LogP contribution is -2.42. The number of carbonyl (C=O) groups is 1. The van der Waals surface area contributed by atoms with Crippen LogP contribution in [0.1, 0.15) is 44.9 Å². The molecule has 1 aliphatic carbocycles. The van der Waals surface area contributed by atoms with Crippen molar-refractivity contribution in [1.82, 2.24) is 4.90 Å². The van der Waals surface area contributed by atoms with E-state index in [4.69, 9.17) is 0 Å². The zero-order chi connectivity index (χ0) is 13.9. The maximum atomic E-state index is 12.1. The molecule has 1 unspecified atom stereocenters. The van der Waals surface area contributed by atoms with Crippen LogP contribution in [-0.4, -0.2) is 36.4 Å². The Morgan fingerprint density at radius 1 is 1.11 bits per heavy atom. The van der Waals surface area contributed by atoms with Crippen LogP contribution in [-0.2, 0) is 4.74 Å². The van der Waals surface area contributed by atoms with Crippen molar-refractivity contribution in [2.24, 2.45) is 5.92 Å². The summed E-state index contributed by atoms with van der Waals surface area (Å²) in [6.07, 6.45) is 2.21. The van der Waals surface area contributed by atoms with Gasteiger partial charge in [0.2, 0.25) is 0 Å². The molecule has 1 atom stereocenters. The van der Waals surface area contributed by atoms with Gasteiger partial charge in [-0.05, 0) is 31.6 Å². The summed E-state index contributed by atoms with van der Waals surface area (Å²) in [5, 5.41) is 0. The lowest BCUT2D eigenvalue weighted by Gasteiger charge is -2.33. The lowest BCUT2D eigenvalue weighted by atomic mass is 9.83. The molecule has 2 fully saturated rings. The maximum Gasteiger partial charge on any atom is 0.422 e. The number of ether oxygens (including phenoxy) is 1. The van der Waals surface area contributed by atoms with Crippen LogP contribution in [0, 0.1) is 5.92 Å². The van der Waals surface area contributed by atoms with E-state index in [2.05, 4.69) is 4.74 Å². The normalized spacial score (nSPS) is 25.6. The number of alkyl halides is 3. The van der Waals surface area contributed by atoms with E-state index in [1.165, 1.54) is 11.3 Å². The number of rotatable bonds is 2. The van der Waals surface area contributed by atoms with Crippen molar-refractivity contribution >= 4 is 6.09 Å². The number of hydrogen-bond acceptors (Lipinski definition) is 2. The van der Waals surface area contributed by atoms with E-state index in [0.29, 0.717) is 12.5 Å². The zero-order valence-electron chi connectivity index (χ0n) is 10.9. The van der Waals surface area contributed by atoms with Crippen LogP contribution in [0.2, 0.25) is 0 Å². The predicted molar refractivity (Wildman–Crippen MR) is 63.7 cm³/mol. The van der Waals surface area contributed by atoms with Crippen LogP contribution in [0.5, 0.6) is 0 Å². The van der Waals surface area contributed by atoms with Crippen LogP contribution in [0.25, 0.3) is 0 Å². The largest absolute Gasteiger partial charge is 0.440 e. The zero-order valence-corrected chi connectivity index (χ0v) is 10.9. The molecular weight excluding hydrogens is 259 g/mol. The van der Waals surface area contributed by atoms with E-state index in [1.807, 2.05) is 0 Å². The molecule has 19 heavy (non-hydrogen) atoms. The van der Waals surface area contributed by atoms with Gasteiger partial charge < -0.3 is 9.64 Å². The van der Waals surface area contributed by atoms with Gasteiger partial charge in [-0.15, -0.1) is 0 Å². The summed E-state index contributed by atoms with van der Waals surface area (Å²) in [6, 6.07) is 0.0843. The van der Waals surface area contributed by atoms with E-state index in [9.17, 15) is 18.0 Å². The molecule has 1 aliphatic heterocycles. The average Bonchev–Trinajstić information content (AvgIpc) is 2.85. The first-order valence-electron chi connectivity index (χ1n) is 6.97. The first-order valence-corrected chi connectivity index (χ1v) is 6.97. The standard InChI is InChI=1S/C13H20F3NO2/c14-13(15,16)9-19-12(18)17-8-4-7-11(17)10-5-2-1-3-6-10/h10-11H,1-9H2. The molecule has 0 aromatic rings. The Balaban J connectivity index is 1.88. The number of carbonyl (C=O) groups excluding carboxylic acids is 1. The molecule has 110 valence electrons. The molecule has 0 aromatic carbocycles. The van der Waals surface area contributed by atoms with E-state index in [-0.39, 0.29) is 6.04 Å². The van der Waals surface area contributed by atoms with Crippen LogP contribution >= 0.6 is 0 Å². The third kappa shape index (κ3) is 4.01. The second-order valence-electron chi connectivity index (χ2n) is 5.47. The highest BCUT2D eigenvalue weighted by Crippen LogP contribution is 2.34. The third-order valence-corrected chi connectivity index (χ3v) is 4.09. The molecule has 3 nitrogen and oxygen atoms in total. The Kier molecular flexibility index (Phi) is 4.58. The fourth-order valence-corrected chi connectivity index (χ4v) is 3.25. The van der Waals surface area contributed by atoms with Crippen molar-refractivity contribution in [2.75, 3.05) is 13.2 Å². The van der Waals surface area contributed by atoms with E-state index >= 15 is 0 Å². The van der Waals surface area contributed by atoms with Gasteiger partial charge in [-0.3, -0.25) is 0 Å². The molecule has 0 bridgehead atoms. The molecule has 0 radical (unpaired) electrons. The molecule has 2 aliphatic rings. The SMILES string of the molecule is O=C(OCC(F)(F)F)N1CCCC1C1CCCCC1. The van der Waals surface area contributed by atoms with Gasteiger partial charge >= 0.3 is 12.3 Å². The monoisotopic (exact) mass is 279 g/mol. The smallest absolute Gasteiger partial charge is 0.422 e. The van der Waals surface area contributed by atoms with Gasteiger partial charge in [-0.1, -0.05) is 19.3 Å². The summed E-state index contributed by atoms with van der Waals surface area (Å²) >= 11 is 0. The number of amides is 1. The molecular formula is C13H20F3NO2. The maximum absolute atomic E-state index is 12.1. The molecule has 1 amide bonds. The highest BCUT2D eigenvalue weighted by molar-refractivity contribution is 5.68. The number of halogens is 3. The van der Waals surface area contributed by atoms with Crippen LogP contribution in [0.4, 0.5) is 18.0 Å². The van der Waals surface area contributed by atoms with Crippen molar-refractivity contribution in [3.8, 4) is 0 Å². The van der Waals surface area contributed by atoms with Gasteiger partial charge in [-0.25, -0.2) is 4.79 Å². The quantitative estimate of drug-likeness (QED) is 0.770. The minimum absolute atomic E-state index is 0.0843. The Labute approximate surface area is 111 Å². The molecule has 0 aromatic heterocycles. The van der Waals surface area contributed by atoms with E-state index in [1.54, 1.807) is 0 Å². The summed E-state index contributed by atoms with van der Waals surface area (Å²) in [5.41, 5.74) is 0. The lowest BCUT2D eigenvalue weighted by molar-refractivity contribution is -0.162. The van der Waals surface area contributed by atoms with Crippen LogP contribution in [0.15, 0.2) is 0 Å². The van der Waals surface area contributed by atoms with Gasteiger partial charge in [0.25, 0.3) is 0 Å². The van der Waals surface area contributed by atoms with Gasteiger partial charge in [-0.2, -0.15) is 13.2 Å². The minimum Gasteiger partial charge on any atom is -0.440 e. The van der Waals surface area contributed by atoms with E-state index in [0.717, 1.165) is 38.5 Å². The fourth-order valence-electron chi connectivity index (χ4n) is 3.25. The topological polar surface area (TPSA) is 29.5 Å². The Morgan fingerprint density at radius 2 is 1.79 bits per heavy atom. The molecule has 1 saturated carbocycles. The summed E-state index contributed by atoms with van der Waals surface area (Å²) in [4.78, 5) is 13.3. The molecule has 1 saturated heterocycles. The summed E-state index contributed by atoms with van der Waals surface area (Å²) < 4.78 is 40.6.